The normalized spacial score (nSPS) is 15.5. The summed E-state index contributed by atoms with van der Waals surface area (Å²) in [5.74, 6) is 1.01. The van der Waals surface area contributed by atoms with E-state index in [0.29, 0.717) is 32.0 Å². The van der Waals surface area contributed by atoms with Gasteiger partial charge in [0.15, 0.2) is 5.96 Å². The molecule has 1 fully saturated rings. The van der Waals surface area contributed by atoms with Crippen molar-refractivity contribution in [1.29, 1.82) is 0 Å². The predicted molar refractivity (Wildman–Crippen MR) is 121 cm³/mol. The molecule has 1 amide bonds. The zero-order chi connectivity index (χ0) is 20.4. The van der Waals surface area contributed by atoms with Crippen molar-refractivity contribution in [2.24, 2.45) is 10.9 Å². The number of carbonyl (C=O) groups excluding carboxylic acids is 2. The molecular weight excluding hydrogens is 475 g/mol. The van der Waals surface area contributed by atoms with E-state index in [1.165, 1.54) is 7.11 Å². The lowest BCUT2D eigenvalue weighted by atomic mass is 9.96. The highest BCUT2D eigenvalue weighted by atomic mass is 127. The summed E-state index contributed by atoms with van der Waals surface area (Å²) in [6.45, 7) is 11.2. The fourth-order valence-electron chi connectivity index (χ4n) is 3.01. The van der Waals surface area contributed by atoms with Gasteiger partial charge in [-0.05, 0) is 46.5 Å². The van der Waals surface area contributed by atoms with Gasteiger partial charge in [-0.1, -0.05) is 0 Å². The quantitative estimate of drug-likeness (QED) is 0.255. The first-order chi connectivity index (χ1) is 12.7. The van der Waals surface area contributed by atoms with Crippen LogP contribution < -0.4 is 5.32 Å². The summed E-state index contributed by atoms with van der Waals surface area (Å²) >= 11 is 0. The van der Waals surface area contributed by atoms with E-state index in [9.17, 15) is 9.59 Å². The number of halogens is 1. The van der Waals surface area contributed by atoms with Crippen molar-refractivity contribution in [2.45, 2.75) is 52.6 Å². The number of hydrogen-bond donors (Lipinski definition) is 1. The van der Waals surface area contributed by atoms with Crippen LogP contribution in [0.3, 0.4) is 0 Å². The summed E-state index contributed by atoms with van der Waals surface area (Å²) in [6.07, 6.45) is 2.04. The molecule has 0 aromatic heterocycles. The Bertz CT molecular complexity index is 515. The van der Waals surface area contributed by atoms with Gasteiger partial charge in [0.1, 0.15) is 5.60 Å². The van der Waals surface area contributed by atoms with Gasteiger partial charge in [-0.2, -0.15) is 0 Å². The molecule has 1 heterocycles. The molecule has 0 aliphatic carbocycles. The molecule has 0 aromatic rings. The highest BCUT2D eigenvalue weighted by Gasteiger charge is 2.27. The standard InChI is InChI=1S/C19H36N4O4.HI/c1-7-22(18(25)27-19(2,3)4)14-15-9-12-23(13-10-15)17(20-5)21-11-8-16(24)26-6;/h15H,7-14H2,1-6H3,(H,20,21);1H. The van der Waals surface area contributed by atoms with Crippen LogP contribution in [0.15, 0.2) is 4.99 Å². The van der Waals surface area contributed by atoms with E-state index in [4.69, 9.17) is 4.74 Å². The summed E-state index contributed by atoms with van der Waals surface area (Å²) < 4.78 is 10.1. The van der Waals surface area contributed by atoms with Gasteiger partial charge in [0.05, 0.1) is 13.5 Å². The first-order valence-electron chi connectivity index (χ1n) is 9.70. The van der Waals surface area contributed by atoms with Gasteiger partial charge in [-0.25, -0.2) is 4.79 Å². The summed E-state index contributed by atoms with van der Waals surface area (Å²) in [5.41, 5.74) is -0.476. The van der Waals surface area contributed by atoms with E-state index in [2.05, 4.69) is 19.9 Å². The summed E-state index contributed by atoms with van der Waals surface area (Å²) in [6, 6.07) is 0. The minimum atomic E-state index is -0.476. The largest absolute Gasteiger partial charge is 0.469 e. The maximum Gasteiger partial charge on any atom is 0.410 e. The van der Waals surface area contributed by atoms with Crippen LogP contribution in [0.25, 0.3) is 0 Å². The number of piperidine rings is 1. The first kappa shape index (κ1) is 26.7. The molecule has 164 valence electrons. The third-order valence-corrected chi connectivity index (χ3v) is 4.48. The third-order valence-electron chi connectivity index (χ3n) is 4.48. The molecule has 0 spiro atoms. The van der Waals surface area contributed by atoms with Crippen molar-refractivity contribution < 1.29 is 19.1 Å². The molecule has 28 heavy (non-hydrogen) atoms. The number of methoxy groups -OCH3 is 1. The Balaban J connectivity index is 0.00000729. The van der Waals surface area contributed by atoms with Crippen LogP contribution in [0.4, 0.5) is 4.79 Å². The molecule has 1 aliphatic rings. The van der Waals surface area contributed by atoms with E-state index < -0.39 is 5.60 Å². The average Bonchev–Trinajstić information content (AvgIpc) is 2.62. The van der Waals surface area contributed by atoms with Gasteiger partial charge in [0, 0.05) is 39.8 Å². The molecule has 0 atom stereocenters. The number of esters is 1. The number of amides is 1. The van der Waals surface area contributed by atoms with Gasteiger partial charge in [0.25, 0.3) is 0 Å². The molecule has 1 saturated heterocycles. The number of rotatable bonds is 6. The lowest BCUT2D eigenvalue weighted by molar-refractivity contribution is -0.140. The summed E-state index contributed by atoms with van der Waals surface area (Å²) in [5, 5.41) is 3.21. The minimum absolute atomic E-state index is 0. The Hall–Kier alpha value is -1.26. The number of carbonyl (C=O) groups is 2. The molecule has 1 rings (SSSR count). The summed E-state index contributed by atoms with van der Waals surface area (Å²) in [4.78, 5) is 31.8. The van der Waals surface area contributed by atoms with Gasteiger partial charge >= 0.3 is 12.1 Å². The van der Waals surface area contributed by atoms with Crippen LogP contribution in [-0.4, -0.2) is 80.3 Å². The second-order valence-corrected chi connectivity index (χ2v) is 7.75. The number of nitrogens with zero attached hydrogens (tertiary/aromatic N) is 3. The van der Waals surface area contributed by atoms with Crippen molar-refractivity contribution in [1.82, 2.24) is 15.1 Å². The molecule has 1 N–H and O–H groups in total. The first-order valence-corrected chi connectivity index (χ1v) is 9.70. The van der Waals surface area contributed by atoms with Crippen molar-refractivity contribution in [2.75, 3.05) is 46.9 Å². The van der Waals surface area contributed by atoms with Crippen molar-refractivity contribution in [3.8, 4) is 0 Å². The van der Waals surface area contributed by atoms with Crippen molar-refractivity contribution >= 4 is 42.0 Å². The summed E-state index contributed by atoms with van der Waals surface area (Å²) in [7, 11) is 3.13. The Kier molecular flexibility index (Phi) is 12.5. The molecule has 0 bridgehead atoms. The second-order valence-electron chi connectivity index (χ2n) is 7.75. The van der Waals surface area contributed by atoms with Crippen LogP contribution in [0, 0.1) is 5.92 Å². The van der Waals surface area contributed by atoms with Crippen LogP contribution in [0.5, 0.6) is 0 Å². The highest BCUT2D eigenvalue weighted by Crippen LogP contribution is 2.20. The number of ether oxygens (including phenoxy) is 2. The Morgan fingerprint density at radius 2 is 1.86 bits per heavy atom. The average molecular weight is 512 g/mol. The highest BCUT2D eigenvalue weighted by molar-refractivity contribution is 14.0. The molecule has 0 saturated carbocycles. The van der Waals surface area contributed by atoms with Crippen LogP contribution >= 0.6 is 24.0 Å². The lowest BCUT2D eigenvalue weighted by Gasteiger charge is -2.36. The topological polar surface area (TPSA) is 83.5 Å². The molecule has 0 unspecified atom stereocenters. The smallest absolute Gasteiger partial charge is 0.410 e. The number of likely N-dealkylation sites (tertiary alicyclic amines) is 1. The Morgan fingerprint density at radius 1 is 1.25 bits per heavy atom. The van der Waals surface area contributed by atoms with Crippen LogP contribution in [-0.2, 0) is 14.3 Å². The van der Waals surface area contributed by atoms with E-state index in [-0.39, 0.29) is 36.0 Å². The SMILES string of the molecule is CCN(CC1CCN(C(=NC)NCCC(=O)OC)CC1)C(=O)OC(C)(C)C.I. The van der Waals surface area contributed by atoms with E-state index in [0.717, 1.165) is 31.9 Å². The second kappa shape index (κ2) is 13.1. The molecule has 9 heteroatoms. The minimum Gasteiger partial charge on any atom is -0.469 e. The van der Waals surface area contributed by atoms with E-state index >= 15 is 0 Å². The number of aliphatic imine (C=N–C) groups is 1. The molecular formula is C19H37IN4O4. The molecule has 1 aliphatic heterocycles. The van der Waals surface area contributed by atoms with E-state index in [1.54, 1.807) is 11.9 Å². The maximum atomic E-state index is 12.3. The fourth-order valence-corrected chi connectivity index (χ4v) is 3.01. The van der Waals surface area contributed by atoms with Crippen LogP contribution in [0.2, 0.25) is 0 Å². The number of hydrogen-bond acceptors (Lipinski definition) is 5. The Morgan fingerprint density at radius 3 is 2.32 bits per heavy atom. The van der Waals surface area contributed by atoms with Gasteiger partial charge in [-0.15, -0.1) is 24.0 Å². The number of nitrogens with one attached hydrogen (secondary N) is 1. The fraction of sp³-hybridized carbons (Fsp3) is 0.842. The maximum absolute atomic E-state index is 12.3. The lowest BCUT2D eigenvalue weighted by Crippen LogP contribution is -2.48. The zero-order valence-electron chi connectivity index (χ0n) is 18.1. The van der Waals surface area contributed by atoms with E-state index in [1.807, 2.05) is 27.7 Å². The van der Waals surface area contributed by atoms with Crippen molar-refractivity contribution in [3.63, 3.8) is 0 Å². The Labute approximate surface area is 186 Å². The van der Waals surface area contributed by atoms with Gasteiger partial charge in [-0.3, -0.25) is 9.79 Å². The monoisotopic (exact) mass is 512 g/mol. The molecule has 8 nitrogen and oxygen atoms in total. The third kappa shape index (κ3) is 9.79. The predicted octanol–water partition coefficient (Wildman–Crippen LogP) is 2.71. The zero-order valence-corrected chi connectivity index (χ0v) is 20.4. The van der Waals surface area contributed by atoms with Gasteiger partial charge < -0.3 is 24.6 Å². The van der Waals surface area contributed by atoms with Gasteiger partial charge in [0.2, 0.25) is 0 Å². The molecule has 0 radical (unpaired) electrons. The molecule has 0 aromatic carbocycles. The van der Waals surface area contributed by atoms with Crippen LogP contribution in [0.1, 0.15) is 47.0 Å². The number of guanidine groups is 1. The van der Waals surface area contributed by atoms with Crippen molar-refractivity contribution in [3.05, 3.63) is 0 Å².